The van der Waals surface area contributed by atoms with Crippen LogP contribution in [0.15, 0.2) is 22.7 Å². The Labute approximate surface area is 129 Å². The topological polar surface area (TPSA) is 75.6 Å². The molecule has 0 aliphatic carbocycles. The van der Waals surface area contributed by atoms with Gasteiger partial charge in [-0.1, -0.05) is 11.6 Å². The van der Waals surface area contributed by atoms with Crippen LogP contribution in [-0.2, 0) is 9.53 Å². The molecule has 5 nitrogen and oxygen atoms in total. The Kier molecular flexibility index (Phi) is 4.67. The van der Waals surface area contributed by atoms with Gasteiger partial charge in [-0.15, -0.1) is 0 Å². The van der Waals surface area contributed by atoms with E-state index in [1.807, 2.05) is 0 Å². The number of nitrogens with one attached hydrogen (secondary N) is 1. The molecule has 1 saturated heterocycles. The molecule has 1 aliphatic rings. The number of carboxylic acids is 1. The van der Waals surface area contributed by atoms with Crippen LogP contribution < -0.4 is 5.32 Å². The summed E-state index contributed by atoms with van der Waals surface area (Å²) in [6.45, 7) is 0.628. The van der Waals surface area contributed by atoms with Crippen molar-refractivity contribution in [1.82, 2.24) is 5.32 Å². The molecule has 1 amide bonds. The molecular formula is C13H13BrClNO4. The van der Waals surface area contributed by atoms with Gasteiger partial charge in [-0.2, -0.15) is 0 Å². The van der Waals surface area contributed by atoms with Gasteiger partial charge in [0.25, 0.3) is 5.91 Å². The molecule has 7 heteroatoms. The van der Waals surface area contributed by atoms with Gasteiger partial charge in [0.15, 0.2) is 0 Å². The van der Waals surface area contributed by atoms with Gasteiger partial charge in [0.1, 0.15) is 5.54 Å². The molecule has 1 aromatic carbocycles. The van der Waals surface area contributed by atoms with Crippen molar-refractivity contribution in [3.8, 4) is 0 Å². The molecule has 20 heavy (non-hydrogen) atoms. The molecule has 1 aromatic rings. The van der Waals surface area contributed by atoms with E-state index in [0.717, 1.165) is 0 Å². The van der Waals surface area contributed by atoms with Gasteiger partial charge in [-0.3, -0.25) is 4.79 Å². The van der Waals surface area contributed by atoms with Crippen molar-refractivity contribution < 1.29 is 19.4 Å². The molecule has 0 aromatic heterocycles. The number of rotatable bonds is 3. The number of carbonyl (C=O) groups excluding carboxylic acids is 1. The fraction of sp³-hybridized carbons (Fsp3) is 0.385. The maximum absolute atomic E-state index is 12.3. The quantitative estimate of drug-likeness (QED) is 0.866. The van der Waals surface area contributed by atoms with Crippen LogP contribution in [0.4, 0.5) is 0 Å². The molecule has 0 bridgehead atoms. The molecule has 1 aliphatic heterocycles. The molecule has 0 unspecified atom stereocenters. The van der Waals surface area contributed by atoms with Gasteiger partial charge in [0.2, 0.25) is 0 Å². The second kappa shape index (κ2) is 6.11. The summed E-state index contributed by atoms with van der Waals surface area (Å²) in [6.07, 6.45) is 0.499. The third-order valence-corrected chi connectivity index (χ3v) is 4.18. The highest BCUT2D eigenvalue weighted by atomic mass is 79.9. The summed E-state index contributed by atoms with van der Waals surface area (Å²) in [5.41, 5.74) is -0.921. The number of benzene rings is 1. The molecule has 2 rings (SSSR count). The predicted octanol–water partition coefficient (Wildman–Crippen LogP) is 2.47. The van der Waals surface area contributed by atoms with Crippen molar-refractivity contribution in [2.24, 2.45) is 0 Å². The lowest BCUT2D eigenvalue weighted by molar-refractivity contribution is -0.148. The largest absolute Gasteiger partial charge is 0.480 e. The Balaban J connectivity index is 2.22. The monoisotopic (exact) mass is 361 g/mol. The first-order chi connectivity index (χ1) is 9.44. The molecule has 1 heterocycles. The van der Waals surface area contributed by atoms with Crippen molar-refractivity contribution in [1.29, 1.82) is 0 Å². The molecule has 1 fully saturated rings. The van der Waals surface area contributed by atoms with Crippen LogP contribution in [0.2, 0.25) is 5.02 Å². The van der Waals surface area contributed by atoms with Crippen LogP contribution in [0.3, 0.4) is 0 Å². The highest BCUT2D eigenvalue weighted by Gasteiger charge is 2.41. The van der Waals surface area contributed by atoms with E-state index in [9.17, 15) is 14.7 Å². The van der Waals surface area contributed by atoms with Crippen LogP contribution in [0.5, 0.6) is 0 Å². The Morgan fingerprint density at radius 3 is 2.55 bits per heavy atom. The number of amides is 1. The normalized spacial score (nSPS) is 17.5. The van der Waals surface area contributed by atoms with Crippen LogP contribution in [0, 0.1) is 0 Å². The van der Waals surface area contributed by atoms with Crippen LogP contribution in [0.25, 0.3) is 0 Å². The zero-order valence-electron chi connectivity index (χ0n) is 10.5. The summed E-state index contributed by atoms with van der Waals surface area (Å²) < 4.78 is 5.68. The molecular weight excluding hydrogens is 350 g/mol. The van der Waals surface area contributed by atoms with E-state index in [4.69, 9.17) is 16.3 Å². The molecule has 0 spiro atoms. The highest BCUT2D eigenvalue weighted by molar-refractivity contribution is 9.10. The molecule has 108 valence electrons. The number of carboxylic acid groups (broad SMARTS) is 1. The van der Waals surface area contributed by atoms with E-state index in [-0.39, 0.29) is 12.8 Å². The average Bonchev–Trinajstić information content (AvgIpc) is 2.39. The van der Waals surface area contributed by atoms with Crippen molar-refractivity contribution in [2.75, 3.05) is 13.2 Å². The average molecular weight is 363 g/mol. The lowest BCUT2D eigenvalue weighted by Gasteiger charge is -2.33. The van der Waals surface area contributed by atoms with Gasteiger partial charge < -0.3 is 15.2 Å². The number of hydrogen-bond donors (Lipinski definition) is 2. The predicted molar refractivity (Wildman–Crippen MR) is 77.0 cm³/mol. The second-order valence-corrected chi connectivity index (χ2v) is 5.87. The molecule has 0 radical (unpaired) electrons. The standard InChI is InChI=1S/C13H13BrClNO4/c14-10-7-8(15)1-2-9(10)11(17)16-13(12(18)19)3-5-20-6-4-13/h1-2,7H,3-6H2,(H,16,17)(H,18,19). The number of halogens is 2. The minimum absolute atomic E-state index is 0.249. The number of carbonyl (C=O) groups is 2. The van der Waals surface area contributed by atoms with Crippen LogP contribution in [0.1, 0.15) is 23.2 Å². The Hall–Kier alpha value is -1.11. The maximum Gasteiger partial charge on any atom is 0.329 e. The van der Waals surface area contributed by atoms with Gasteiger partial charge in [-0.05, 0) is 34.1 Å². The number of hydrogen-bond acceptors (Lipinski definition) is 3. The van der Waals surface area contributed by atoms with Gasteiger partial charge in [0, 0.05) is 35.6 Å². The smallest absolute Gasteiger partial charge is 0.329 e. The summed E-state index contributed by atoms with van der Waals surface area (Å²) in [5.74, 6) is -1.49. The van der Waals surface area contributed by atoms with E-state index < -0.39 is 17.4 Å². The lowest BCUT2D eigenvalue weighted by atomic mass is 9.89. The summed E-state index contributed by atoms with van der Waals surface area (Å²) >= 11 is 9.07. The first-order valence-corrected chi connectivity index (χ1v) is 7.20. The molecule has 0 atom stereocenters. The molecule has 0 saturated carbocycles. The minimum atomic E-state index is -1.27. The van der Waals surface area contributed by atoms with Gasteiger partial charge in [-0.25, -0.2) is 4.79 Å². The van der Waals surface area contributed by atoms with E-state index in [0.29, 0.717) is 28.3 Å². The van der Waals surface area contributed by atoms with Gasteiger partial charge >= 0.3 is 5.97 Å². The van der Waals surface area contributed by atoms with Crippen molar-refractivity contribution in [3.63, 3.8) is 0 Å². The Bertz CT molecular complexity index is 543. The number of aliphatic carboxylic acids is 1. The maximum atomic E-state index is 12.3. The zero-order valence-corrected chi connectivity index (χ0v) is 12.8. The van der Waals surface area contributed by atoms with Crippen LogP contribution >= 0.6 is 27.5 Å². The third kappa shape index (κ3) is 3.13. The number of ether oxygens (including phenoxy) is 1. The Morgan fingerprint density at radius 2 is 2.00 bits per heavy atom. The van der Waals surface area contributed by atoms with Crippen molar-refractivity contribution >= 4 is 39.4 Å². The van der Waals surface area contributed by atoms with Gasteiger partial charge in [0.05, 0.1) is 5.56 Å². The lowest BCUT2D eigenvalue weighted by Crippen LogP contribution is -2.57. The van der Waals surface area contributed by atoms with E-state index in [1.165, 1.54) is 0 Å². The van der Waals surface area contributed by atoms with E-state index in [1.54, 1.807) is 18.2 Å². The van der Waals surface area contributed by atoms with Crippen LogP contribution in [-0.4, -0.2) is 35.7 Å². The highest BCUT2D eigenvalue weighted by Crippen LogP contribution is 2.25. The fourth-order valence-electron chi connectivity index (χ4n) is 2.07. The van der Waals surface area contributed by atoms with E-state index >= 15 is 0 Å². The summed E-state index contributed by atoms with van der Waals surface area (Å²) in [5, 5.41) is 12.5. The summed E-state index contributed by atoms with van der Waals surface area (Å²) in [7, 11) is 0. The van der Waals surface area contributed by atoms with Crippen molar-refractivity contribution in [2.45, 2.75) is 18.4 Å². The van der Waals surface area contributed by atoms with Crippen molar-refractivity contribution in [3.05, 3.63) is 33.3 Å². The second-order valence-electron chi connectivity index (χ2n) is 4.58. The van der Waals surface area contributed by atoms with E-state index in [2.05, 4.69) is 21.2 Å². The minimum Gasteiger partial charge on any atom is -0.480 e. The zero-order chi connectivity index (χ0) is 14.8. The summed E-state index contributed by atoms with van der Waals surface area (Å²) in [4.78, 5) is 23.7. The Morgan fingerprint density at radius 1 is 1.35 bits per heavy atom. The SMILES string of the molecule is O=C(NC1(C(=O)O)CCOCC1)c1ccc(Cl)cc1Br. The first kappa shape index (κ1) is 15.3. The first-order valence-electron chi connectivity index (χ1n) is 6.03. The third-order valence-electron chi connectivity index (χ3n) is 3.28. The summed E-state index contributed by atoms with van der Waals surface area (Å²) in [6, 6.07) is 4.73. The fourth-order valence-corrected chi connectivity index (χ4v) is 2.93. The molecule has 2 N–H and O–H groups in total.